The van der Waals surface area contributed by atoms with Gasteiger partial charge in [-0.3, -0.25) is 9.59 Å². The zero-order valence-electron chi connectivity index (χ0n) is 12.9. The third kappa shape index (κ3) is 5.63. The van der Waals surface area contributed by atoms with Gasteiger partial charge in [0.2, 0.25) is 10.2 Å². The van der Waals surface area contributed by atoms with E-state index >= 15 is 0 Å². The highest BCUT2D eigenvalue weighted by Crippen LogP contribution is 2.28. The molecule has 0 aliphatic heterocycles. The van der Waals surface area contributed by atoms with E-state index in [4.69, 9.17) is 20.3 Å². The number of amides is 1. The van der Waals surface area contributed by atoms with Crippen LogP contribution in [0.2, 0.25) is 0 Å². The zero-order valence-corrected chi connectivity index (χ0v) is 14.6. The van der Waals surface area contributed by atoms with Gasteiger partial charge in [-0.15, -0.1) is 11.3 Å². The van der Waals surface area contributed by atoms with Gasteiger partial charge >= 0.3 is 5.97 Å². The first-order chi connectivity index (χ1) is 11.8. The number of nitrogens with zero attached hydrogens (tertiary/aromatic N) is 1. The smallest absolute Gasteiger partial charge is 0.325 e. The number of sulfonamides is 1. The van der Waals surface area contributed by atoms with E-state index in [0.29, 0.717) is 16.0 Å². The fraction of sp³-hybridized carbons (Fsp3) is 0.308. The maximum Gasteiger partial charge on any atom is 0.325 e. The molecule has 5 N–H and O–H groups in total. The molecule has 1 aromatic heterocycles. The number of thiazole rings is 1. The lowest BCUT2D eigenvalue weighted by atomic mass is 10.3. The summed E-state index contributed by atoms with van der Waals surface area (Å²) in [6.45, 7) is -0.397. The highest BCUT2D eigenvalue weighted by molar-refractivity contribution is 7.91. The number of nitrogens with one attached hydrogen (secondary N) is 1. The first-order valence-corrected chi connectivity index (χ1v) is 9.34. The zero-order chi connectivity index (χ0) is 18.4. The predicted molar refractivity (Wildman–Crippen MR) is 89.5 cm³/mol. The minimum absolute atomic E-state index is 0.0134. The average Bonchev–Trinajstić information content (AvgIpc) is 3.00. The Hall–Kier alpha value is -2.28. The van der Waals surface area contributed by atoms with Crippen molar-refractivity contribution in [1.29, 1.82) is 0 Å². The van der Waals surface area contributed by atoms with E-state index < -0.39 is 21.9 Å². The molecule has 2 aromatic rings. The van der Waals surface area contributed by atoms with Gasteiger partial charge < -0.3 is 20.5 Å². The van der Waals surface area contributed by atoms with Crippen LogP contribution in [-0.4, -0.2) is 51.6 Å². The summed E-state index contributed by atoms with van der Waals surface area (Å²) in [5.41, 5.74) is 5.57. The quantitative estimate of drug-likeness (QED) is 0.380. The van der Waals surface area contributed by atoms with E-state index in [2.05, 4.69) is 10.3 Å². The van der Waals surface area contributed by atoms with E-state index in [1.54, 1.807) is 18.2 Å². The molecule has 0 saturated carbocycles. The lowest BCUT2D eigenvalue weighted by Gasteiger charge is -2.08. The number of carbonyl (C=O) groups excluding carboxylic acids is 2. The summed E-state index contributed by atoms with van der Waals surface area (Å²) in [5, 5.41) is 7.33. The van der Waals surface area contributed by atoms with E-state index in [1.165, 1.54) is 0 Å². The van der Waals surface area contributed by atoms with Crippen LogP contribution in [0.3, 0.4) is 0 Å². The van der Waals surface area contributed by atoms with Crippen molar-refractivity contribution in [2.75, 3.05) is 26.3 Å². The van der Waals surface area contributed by atoms with Crippen LogP contribution >= 0.6 is 11.3 Å². The molecule has 0 bridgehead atoms. The maximum atomic E-state index is 11.3. The Morgan fingerprint density at radius 1 is 1.28 bits per heavy atom. The summed E-state index contributed by atoms with van der Waals surface area (Å²) in [6.07, 6.45) is 0. The summed E-state index contributed by atoms with van der Waals surface area (Å²) in [7, 11) is -3.85. The molecule has 2 rings (SSSR count). The normalized spacial score (nSPS) is 11.3. The molecular formula is C13H16N4O6S2. The Labute approximate surface area is 147 Å². The number of nitrogens with two attached hydrogens (primary N) is 2. The van der Waals surface area contributed by atoms with Crippen molar-refractivity contribution >= 4 is 43.5 Å². The monoisotopic (exact) mass is 388 g/mol. The fourth-order valence-corrected chi connectivity index (χ4v) is 3.39. The summed E-state index contributed by atoms with van der Waals surface area (Å²) < 4.78 is 33.3. The van der Waals surface area contributed by atoms with Gasteiger partial charge in [0.25, 0.3) is 10.0 Å². The number of benzene rings is 1. The molecular weight excluding hydrogens is 372 g/mol. The van der Waals surface area contributed by atoms with Gasteiger partial charge in [-0.1, -0.05) is 0 Å². The van der Waals surface area contributed by atoms with Gasteiger partial charge in [-0.2, -0.15) is 0 Å². The Kier molecular flexibility index (Phi) is 6.25. The van der Waals surface area contributed by atoms with Crippen molar-refractivity contribution in [2.24, 2.45) is 10.9 Å². The molecule has 0 saturated heterocycles. The number of primary sulfonamides is 1. The van der Waals surface area contributed by atoms with E-state index in [9.17, 15) is 18.0 Å². The standard InChI is InChI=1S/C13H16N4O6S2/c14-6-11(18)16-7-12(19)23-4-3-22-8-1-2-9-10(5-8)24-13(17-9)25(15,20)21/h1-2,5H,3-4,6-7,14H2,(H,16,18)(H2,15,20,21). The van der Waals surface area contributed by atoms with Gasteiger partial charge in [0.1, 0.15) is 25.5 Å². The minimum Gasteiger partial charge on any atom is -0.490 e. The van der Waals surface area contributed by atoms with Crippen molar-refractivity contribution < 1.29 is 27.5 Å². The SMILES string of the molecule is NCC(=O)NCC(=O)OCCOc1ccc2nc(S(N)(=O)=O)sc2c1. The number of rotatable bonds is 8. The van der Waals surface area contributed by atoms with Gasteiger partial charge in [-0.05, 0) is 18.2 Å². The Morgan fingerprint density at radius 2 is 2.04 bits per heavy atom. The molecule has 136 valence electrons. The van der Waals surface area contributed by atoms with Crippen LogP contribution in [0.1, 0.15) is 0 Å². The van der Waals surface area contributed by atoms with Crippen LogP contribution in [-0.2, 0) is 24.3 Å². The molecule has 12 heteroatoms. The van der Waals surface area contributed by atoms with Crippen molar-refractivity contribution in [3.8, 4) is 5.75 Å². The second-order valence-corrected chi connectivity index (χ2v) is 7.47. The molecule has 0 aliphatic rings. The first kappa shape index (κ1) is 19.1. The molecule has 25 heavy (non-hydrogen) atoms. The fourth-order valence-electron chi connectivity index (χ4n) is 1.70. The Morgan fingerprint density at radius 3 is 2.72 bits per heavy atom. The van der Waals surface area contributed by atoms with E-state index in [1.807, 2.05) is 0 Å². The molecule has 0 spiro atoms. The molecule has 1 aromatic carbocycles. The first-order valence-electron chi connectivity index (χ1n) is 6.98. The number of hydrogen-bond donors (Lipinski definition) is 3. The second-order valence-electron chi connectivity index (χ2n) is 4.70. The number of hydrogen-bond acceptors (Lipinski definition) is 9. The van der Waals surface area contributed by atoms with Crippen LogP contribution in [0.15, 0.2) is 22.5 Å². The van der Waals surface area contributed by atoms with Crippen LogP contribution in [0, 0.1) is 0 Å². The molecule has 0 aliphatic carbocycles. The molecule has 0 radical (unpaired) electrons. The van der Waals surface area contributed by atoms with Crippen molar-refractivity contribution in [2.45, 2.75) is 4.34 Å². The van der Waals surface area contributed by atoms with E-state index in [-0.39, 0.29) is 30.6 Å². The number of esters is 1. The minimum atomic E-state index is -3.85. The summed E-state index contributed by atoms with van der Waals surface area (Å²) in [6, 6.07) is 4.83. The number of fused-ring (bicyclic) bond motifs is 1. The van der Waals surface area contributed by atoms with Crippen molar-refractivity contribution in [3.63, 3.8) is 0 Å². The average molecular weight is 388 g/mol. The van der Waals surface area contributed by atoms with Crippen molar-refractivity contribution in [3.05, 3.63) is 18.2 Å². The third-order valence-electron chi connectivity index (χ3n) is 2.81. The van der Waals surface area contributed by atoms with Crippen LogP contribution < -0.4 is 20.9 Å². The molecule has 10 nitrogen and oxygen atoms in total. The molecule has 1 heterocycles. The maximum absolute atomic E-state index is 11.3. The topological polar surface area (TPSA) is 164 Å². The third-order valence-corrected chi connectivity index (χ3v) is 5.15. The summed E-state index contributed by atoms with van der Waals surface area (Å²) in [5.74, 6) is -0.601. The van der Waals surface area contributed by atoms with Crippen LogP contribution in [0.25, 0.3) is 10.2 Å². The number of ether oxygens (including phenoxy) is 2. The van der Waals surface area contributed by atoms with Crippen LogP contribution in [0.4, 0.5) is 0 Å². The lowest BCUT2D eigenvalue weighted by Crippen LogP contribution is -2.35. The van der Waals surface area contributed by atoms with Crippen molar-refractivity contribution in [1.82, 2.24) is 10.3 Å². The molecule has 0 fully saturated rings. The highest BCUT2D eigenvalue weighted by Gasteiger charge is 2.14. The van der Waals surface area contributed by atoms with Gasteiger partial charge in [0.15, 0.2) is 0 Å². The second kappa shape index (κ2) is 8.20. The van der Waals surface area contributed by atoms with E-state index in [0.717, 1.165) is 11.3 Å². The number of carbonyl (C=O) groups is 2. The Balaban J connectivity index is 1.83. The largest absolute Gasteiger partial charge is 0.490 e. The Bertz CT molecular complexity index is 880. The predicted octanol–water partition coefficient (Wildman–Crippen LogP) is -1.06. The highest BCUT2D eigenvalue weighted by atomic mass is 32.2. The number of aromatic nitrogens is 1. The summed E-state index contributed by atoms with van der Waals surface area (Å²) in [4.78, 5) is 26.1. The summed E-state index contributed by atoms with van der Waals surface area (Å²) >= 11 is 0.934. The van der Waals surface area contributed by atoms with Gasteiger partial charge in [-0.25, -0.2) is 18.5 Å². The van der Waals surface area contributed by atoms with Gasteiger partial charge in [0, 0.05) is 0 Å². The van der Waals surface area contributed by atoms with Gasteiger partial charge in [0.05, 0.1) is 16.8 Å². The van der Waals surface area contributed by atoms with Crippen LogP contribution in [0.5, 0.6) is 5.75 Å². The molecule has 0 atom stereocenters. The molecule has 0 unspecified atom stereocenters. The molecule has 1 amide bonds. The lowest BCUT2D eigenvalue weighted by molar-refractivity contribution is -0.144.